The number of nitrogens with zero attached hydrogens (tertiary/aromatic N) is 2. The summed E-state index contributed by atoms with van der Waals surface area (Å²) in [4.78, 5) is 4.40. The van der Waals surface area contributed by atoms with Crippen molar-refractivity contribution in [2.75, 3.05) is 7.05 Å². The number of rotatable bonds is 3. The second kappa shape index (κ2) is 4.79. The molecule has 0 bridgehead atoms. The lowest BCUT2D eigenvalue weighted by molar-refractivity contribution is 0.290. The van der Waals surface area contributed by atoms with Gasteiger partial charge < -0.3 is 9.88 Å². The van der Waals surface area contributed by atoms with Crippen LogP contribution in [0.1, 0.15) is 44.5 Å². The molecular formula is C12H21N3. The van der Waals surface area contributed by atoms with Gasteiger partial charge in [0.1, 0.15) is 5.82 Å². The second-order valence-corrected chi connectivity index (χ2v) is 4.41. The molecule has 15 heavy (non-hydrogen) atoms. The minimum atomic E-state index is 0.661. The van der Waals surface area contributed by atoms with Crippen LogP contribution in [0.4, 0.5) is 0 Å². The van der Waals surface area contributed by atoms with Gasteiger partial charge in [0.2, 0.25) is 0 Å². The van der Waals surface area contributed by atoms with Gasteiger partial charge >= 0.3 is 0 Å². The number of aryl methyl sites for hydroxylation is 1. The summed E-state index contributed by atoms with van der Waals surface area (Å²) in [5.41, 5.74) is 0. The van der Waals surface area contributed by atoms with Crippen LogP contribution in [0.2, 0.25) is 0 Å². The lowest BCUT2D eigenvalue weighted by Crippen LogP contribution is -2.32. The maximum absolute atomic E-state index is 4.40. The fourth-order valence-corrected chi connectivity index (χ4v) is 2.63. The molecule has 1 aromatic heterocycles. The summed E-state index contributed by atoms with van der Waals surface area (Å²) in [5.74, 6) is 1.23. The second-order valence-electron chi connectivity index (χ2n) is 4.41. The van der Waals surface area contributed by atoms with Crippen molar-refractivity contribution >= 4 is 0 Å². The van der Waals surface area contributed by atoms with Crippen LogP contribution in [-0.2, 0) is 6.42 Å². The molecule has 0 aliphatic heterocycles. The molecule has 84 valence electrons. The maximum atomic E-state index is 4.40. The first kappa shape index (κ1) is 10.7. The van der Waals surface area contributed by atoms with E-state index in [0.717, 1.165) is 6.42 Å². The first-order chi connectivity index (χ1) is 7.35. The van der Waals surface area contributed by atoms with Crippen molar-refractivity contribution in [3.8, 4) is 0 Å². The topological polar surface area (TPSA) is 29.9 Å². The fraction of sp³-hybridized carbons (Fsp3) is 0.750. The van der Waals surface area contributed by atoms with Crippen LogP contribution < -0.4 is 5.32 Å². The molecule has 0 aromatic carbocycles. The lowest BCUT2D eigenvalue weighted by atomic mass is 9.91. The molecule has 3 nitrogen and oxygen atoms in total. The van der Waals surface area contributed by atoms with Crippen LogP contribution in [0.5, 0.6) is 0 Å². The molecule has 1 heterocycles. The zero-order chi connectivity index (χ0) is 10.7. The van der Waals surface area contributed by atoms with Crippen molar-refractivity contribution in [2.45, 2.75) is 51.1 Å². The third-order valence-electron chi connectivity index (χ3n) is 3.51. The highest BCUT2D eigenvalue weighted by molar-refractivity contribution is 4.96. The van der Waals surface area contributed by atoms with Crippen LogP contribution in [0.15, 0.2) is 12.4 Å². The molecule has 1 aliphatic rings. The highest BCUT2D eigenvalue weighted by atomic mass is 15.1. The average Bonchev–Trinajstić information content (AvgIpc) is 2.77. The van der Waals surface area contributed by atoms with Crippen molar-refractivity contribution in [1.82, 2.24) is 14.9 Å². The summed E-state index contributed by atoms with van der Waals surface area (Å²) in [7, 11) is 2.07. The van der Waals surface area contributed by atoms with Gasteiger partial charge in [0.05, 0.1) is 0 Å². The van der Waals surface area contributed by atoms with E-state index in [-0.39, 0.29) is 0 Å². The molecule has 2 atom stereocenters. The van der Waals surface area contributed by atoms with E-state index in [9.17, 15) is 0 Å². The Labute approximate surface area is 91.9 Å². The highest BCUT2D eigenvalue weighted by Crippen LogP contribution is 2.29. The average molecular weight is 207 g/mol. The van der Waals surface area contributed by atoms with Crippen molar-refractivity contribution < 1.29 is 0 Å². The van der Waals surface area contributed by atoms with E-state index in [4.69, 9.17) is 0 Å². The Morgan fingerprint density at radius 3 is 3.13 bits per heavy atom. The van der Waals surface area contributed by atoms with Gasteiger partial charge in [-0.15, -0.1) is 0 Å². The van der Waals surface area contributed by atoms with Gasteiger partial charge in [-0.2, -0.15) is 0 Å². The van der Waals surface area contributed by atoms with Gasteiger partial charge in [-0.25, -0.2) is 4.98 Å². The summed E-state index contributed by atoms with van der Waals surface area (Å²) in [6, 6.07) is 1.35. The zero-order valence-electron chi connectivity index (χ0n) is 9.74. The largest absolute Gasteiger partial charge is 0.332 e. The third-order valence-corrected chi connectivity index (χ3v) is 3.51. The number of imidazole rings is 1. The molecule has 1 fully saturated rings. The van der Waals surface area contributed by atoms with Crippen LogP contribution >= 0.6 is 0 Å². The molecule has 0 amide bonds. The predicted molar refractivity (Wildman–Crippen MR) is 62.0 cm³/mol. The first-order valence-electron chi connectivity index (χ1n) is 6.04. The fourth-order valence-electron chi connectivity index (χ4n) is 2.63. The molecule has 0 radical (unpaired) electrons. The van der Waals surface area contributed by atoms with E-state index < -0.39 is 0 Å². The number of hydrogen-bond donors (Lipinski definition) is 1. The molecular weight excluding hydrogens is 186 g/mol. The molecule has 2 unspecified atom stereocenters. The standard InChI is InChI=1S/C12H21N3/c1-3-12-14-7-8-15(12)11-6-4-5-10(9-11)13-2/h7-8,10-11,13H,3-6,9H2,1-2H3. The summed E-state index contributed by atoms with van der Waals surface area (Å²) in [5, 5.41) is 3.40. The minimum Gasteiger partial charge on any atom is -0.332 e. The Kier molecular flexibility index (Phi) is 3.41. The lowest BCUT2D eigenvalue weighted by Gasteiger charge is -2.30. The van der Waals surface area contributed by atoms with Gasteiger partial charge in [0.15, 0.2) is 0 Å². The van der Waals surface area contributed by atoms with E-state index in [0.29, 0.717) is 12.1 Å². The molecule has 3 heteroatoms. The summed E-state index contributed by atoms with van der Waals surface area (Å²) >= 11 is 0. The van der Waals surface area contributed by atoms with E-state index in [1.807, 2.05) is 6.20 Å². The minimum absolute atomic E-state index is 0.661. The third kappa shape index (κ3) is 2.23. The summed E-state index contributed by atoms with van der Waals surface area (Å²) < 4.78 is 2.38. The van der Waals surface area contributed by atoms with Crippen LogP contribution in [0.3, 0.4) is 0 Å². The molecule has 0 spiro atoms. The number of nitrogens with one attached hydrogen (secondary N) is 1. The Balaban J connectivity index is 2.09. The van der Waals surface area contributed by atoms with Crippen LogP contribution in [-0.4, -0.2) is 22.6 Å². The summed E-state index contributed by atoms with van der Waals surface area (Å²) in [6.45, 7) is 2.18. The number of aromatic nitrogens is 2. The monoisotopic (exact) mass is 207 g/mol. The molecule has 1 aliphatic carbocycles. The molecule has 2 rings (SSSR count). The Morgan fingerprint density at radius 2 is 2.40 bits per heavy atom. The summed E-state index contributed by atoms with van der Waals surface area (Å²) in [6.07, 6.45) is 10.3. The Hall–Kier alpha value is -0.830. The van der Waals surface area contributed by atoms with Gasteiger partial charge in [0.25, 0.3) is 0 Å². The van der Waals surface area contributed by atoms with Gasteiger partial charge in [-0.3, -0.25) is 0 Å². The smallest absolute Gasteiger partial charge is 0.108 e. The van der Waals surface area contributed by atoms with E-state index >= 15 is 0 Å². The van der Waals surface area contributed by atoms with Crippen molar-refractivity contribution in [1.29, 1.82) is 0 Å². The SMILES string of the molecule is CCc1nccn1C1CCCC(NC)C1. The first-order valence-corrected chi connectivity index (χ1v) is 6.04. The molecule has 1 saturated carbocycles. The van der Waals surface area contributed by atoms with Crippen LogP contribution in [0, 0.1) is 0 Å². The molecule has 1 aromatic rings. The number of hydrogen-bond acceptors (Lipinski definition) is 2. The predicted octanol–water partition coefficient (Wildman–Crippen LogP) is 2.15. The quantitative estimate of drug-likeness (QED) is 0.823. The van der Waals surface area contributed by atoms with Gasteiger partial charge in [0, 0.05) is 30.9 Å². The normalized spacial score (nSPS) is 26.8. The van der Waals surface area contributed by atoms with Gasteiger partial charge in [-0.1, -0.05) is 6.92 Å². The van der Waals surface area contributed by atoms with Crippen molar-refractivity contribution in [3.63, 3.8) is 0 Å². The maximum Gasteiger partial charge on any atom is 0.108 e. The highest BCUT2D eigenvalue weighted by Gasteiger charge is 2.22. The van der Waals surface area contributed by atoms with Crippen LogP contribution in [0.25, 0.3) is 0 Å². The van der Waals surface area contributed by atoms with Gasteiger partial charge in [-0.05, 0) is 32.7 Å². The van der Waals surface area contributed by atoms with Crippen molar-refractivity contribution in [3.05, 3.63) is 18.2 Å². The molecule has 1 N–H and O–H groups in total. The van der Waals surface area contributed by atoms with Crippen molar-refractivity contribution in [2.24, 2.45) is 0 Å². The molecule has 0 saturated heterocycles. The zero-order valence-corrected chi connectivity index (χ0v) is 9.74. The Bertz CT molecular complexity index is 306. The van der Waals surface area contributed by atoms with E-state index in [1.54, 1.807) is 0 Å². The van der Waals surface area contributed by atoms with E-state index in [2.05, 4.69) is 35.0 Å². The Morgan fingerprint density at radius 1 is 1.53 bits per heavy atom. The van der Waals surface area contributed by atoms with E-state index in [1.165, 1.54) is 31.5 Å².